The summed E-state index contributed by atoms with van der Waals surface area (Å²) in [5.41, 5.74) is 1.63. The van der Waals surface area contributed by atoms with Crippen LogP contribution in [0.3, 0.4) is 0 Å². The molecule has 2 rings (SSSR count). The van der Waals surface area contributed by atoms with Gasteiger partial charge in [0.15, 0.2) is 5.78 Å². The number of carbonyl (C=O) groups excluding carboxylic acids is 2. The maximum atomic E-state index is 12.0. The molecule has 0 N–H and O–H groups in total. The van der Waals surface area contributed by atoms with Crippen LogP contribution in [0.5, 0.6) is 0 Å². The van der Waals surface area contributed by atoms with Crippen LogP contribution in [0.1, 0.15) is 22.3 Å². The predicted octanol–water partition coefficient (Wildman–Crippen LogP) is 2.92. The monoisotopic (exact) mass is 267 g/mol. The Labute approximate surface area is 118 Å². The smallest absolute Gasteiger partial charge is 0.230 e. The van der Waals surface area contributed by atoms with Crippen LogP contribution in [-0.4, -0.2) is 23.6 Å². The quantitative estimate of drug-likeness (QED) is 0.617. The van der Waals surface area contributed by atoms with E-state index in [9.17, 15) is 9.59 Å². The lowest BCUT2D eigenvalue weighted by atomic mass is 10.1. The van der Waals surface area contributed by atoms with E-state index < -0.39 is 0 Å². The van der Waals surface area contributed by atoms with Crippen molar-refractivity contribution < 1.29 is 9.59 Å². The van der Waals surface area contributed by atoms with E-state index in [1.807, 2.05) is 36.4 Å². The number of amides is 1. The SMILES string of the molecule is CN(Cc1ccccc1)C(=O)CC(=O)c1ccccc1. The Kier molecular flexibility index (Phi) is 4.66. The first-order valence-corrected chi connectivity index (χ1v) is 6.53. The third kappa shape index (κ3) is 3.79. The van der Waals surface area contributed by atoms with E-state index in [2.05, 4.69) is 0 Å². The zero-order valence-electron chi connectivity index (χ0n) is 11.5. The maximum absolute atomic E-state index is 12.0. The van der Waals surface area contributed by atoms with Crippen molar-refractivity contribution in [1.29, 1.82) is 0 Å². The molecule has 0 saturated heterocycles. The number of rotatable bonds is 5. The second-order valence-corrected chi connectivity index (χ2v) is 4.70. The van der Waals surface area contributed by atoms with Gasteiger partial charge in [-0.15, -0.1) is 0 Å². The lowest BCUT2D eigenvalue weighted by Crippen LogP contribution is -2.28. The highest BCUT2D eigenvalue weighted by Gasteiger charge is 2.15. The van der Waals surface area contributed by atoms with Gasteiger partial charge in [-0.2, -0.15) is 0 Å². The van der Waals surface area contributed by atoms with Gasteiger partial charge in [-0.05, 0) is 5.56 Å². The Morgan fingerprint density at radius 2 is 1.45 bits per heavy atom. The molecule has 2 aromatic rings. The molecule has 0 spiro atoms. The van der Waals surface area contributed by atoms with Gasteiger partial charge in [-0.1, -0.05) is 60.7 Å². The van der Waals surface area contributed by atoms with Crippen LogP contribution in [0, 0.1) is 0 Å². The fourth-order valence-electron chi connectivity index (χ4n) is 1.94. The molecule has 0 aliphatic carbocycles. The van der Waals surface area contributed by atoms with Crippen molar-refractivity contribution in [1.82, 2.24) is 4.90 Å². The van der Waals surface area contributed by atoms with E-state index in [1.54, 1.807) is 36.2 Å². The van der Waals surface area contributed by atoms with Crippen molar-refractivity contribution in [3.05, 3.63) is 71.8 Å². The van der Waals surface area contributed by atoms with Crippen LogP contribution in [0.25, 0.3) is 0 Å². The fourth-order valence-corrected chi connectivity index (χ4v) is 1.94. The average Bonchev–Trinajstić information content (AvgIpc) is 2.49. The van der Waals surface area contributed by atoms with Gasteiger partial charge in [-0.3, -0.25) is 9.59 Å². The third-order valence-electron chi connectivity index (χ3n) is 3.10. The van der Waals surface area contributed by atoms with Crippen LogP contribution in [0.15, 0.2) is 60.7 Å². The van der Waals surface area contributed by atoms with Crippen molar-refractivity contribution in [2.75, 3.05) is 7.05 Å². The minimum atomic E-state index is -0.164. The molecular weight excluding hydrogens is 250 g/mol. The van der Waals surface area contributed by atoms with Gasteiger partial charge in [0.25, 0.3) is 0 Å². The van der Waals surface area contributed by atoms with Crippen molar-refractivity contribution in [2.24, 2.45) is 0 Å². The molecule has 3 heteroatoms. The lowest BCUT2D eigenvalue weighted by Gasteiger charge is -2.16. The molecule has 0 aromatic heterocycles. The molecule has 0 radical (unpaired) electrons. The van der Waals surface area contributed by atoms with Crippen molar-refractivity contribution >= 4 is 11.7 Å². The molecule has 0 fully saturated rings. The summed E-state index contributed by atoms with van der Waals surface area (Å²) in [6.07, 6.45) is -0.0899. The number of Topliss-reactive ketones (excluding diaryl/α,β-unsaturated/α-hetero) is 1. The van der Waals surface area contributed by atoms with Crippen LogP contribution in [0.2, 0.25) is 0 Å². The Balaban J connectivity index is 1.93. The van der Waals surface area contributed by atoms with Crippen molar-refractivity contribution in [3.8, 4) is 0 Å². The van der Waals surface area contributed by atoms with E-state index >= 15 is 0 Å². The Hall–Kier alpha value is -2.42. The maximum Gasteiger partial charge on any atom is 0.230 e. The zero-order valence-corrected chi connectivity index (χ0v) is 11.5. The van der Waals surface area contributed by atoms with Gasteiger partial charge in [0.2, 0.25) is 5.91 Å². The fraction of sp³-hybridized carbons (Fsp3) is 0.176. The van der Waals surface area contributed by atoms with E-state index in [0.29, 0.717) is 12.1 Å². The number of carbonyl (C=O) groups is 2. The van der Waals surface area contributed by atoms with Crippen LogP contribution >= 0.6 is 0 Å². The van der Waals surface area contributed by atoms with Gasteiger partial charge in [-0.25, -0.2) is 0 Å². The molecule has 0 heterocycles. The molecule has 0 aliphatic rings. The molecule has 0 saturated carbocycles. The molecular formula is C17H17NO2. The molecule has 102 valence electrons. The highest BCUT2D eigenvalue weighted by molar-refractivity contribution is 6.07. The summed E-state index contributed by atoms with van der Waals surface area (Å²) in [6, 6.07) is 18.6. The first-order chi connectivity index (χ1) is 9.66. The molecule has 20 heavy (non-hydrogen) atoms. The first-order valence-electron chi connectivity index (χ1n) is 6.53. The van der Waals surface area contributed by atoms with Crippen molar-refractivity contribution in [3.63, 3.8) is 0 Å². The molecule has 0 unspecified atom stereocenters. The largest absolute Gasteiger partial charge is 0.341 e. The van der Waals surface area contributed by atoms with E-state index in [1.165, 1.54) is 0 Å². The van der Waals surface area contributed by atoms with Crippen LogP contribution < -0.4 is 0 Å². The van der Waals surface area contributed by atoms with Crippen LogP contribution in [-0.2, 0) is 11.3 Å². The number of hydrogen-bond donors (Lipinski definition) is 0. The topological polar surface area (TPSA) is 37.4 Å². The summed E-state index contributed by atoms with van der Waals surface area (Å²) in [5.74, 6) is -0.307. The second kappa shape index (κ2) is 6.66. The summed E-state index contributed by atoms with van der Waals surface area (Å²) in [7, 11) is 1.72. The van der Waals surface area contributed by atoms with Gasteiger partial charge >= 0.3 is 0 Å². The molecule has 0 aliphatic heterocycles. The first kappa shape index (κ1) is 14.0. The number of ketones is 1. The summed E-state index contributed by atoms with van der Waals surface area (Å²) < 4.78 is 0. The van der Waals surface area contributed by atoms with E-state index in [4.69, 9.17) is 0 Å². The molecule has 0 bridgehead atoms. The standard InChI is InChI=1S/C17H17NO2/c1-18(13-14-8-4-2-5-9-14)17(20)12-16(19)15-10-6-3-7-11-15/h2-11H,12-13H2,1H3. The summed E-state index contributed by atoms with van der Waals surface area (Å²) >= 11 is 0. The van der Waals surface area contributed by atoms with E-state index in [0.717, 1.165) is 5.56 Å². The van der Waals surface area contributed by atoms with Gasteiger partial charge < -0.3 is 4.90 Å². The Morgan fingerprint density at radius 3 is 2.05 bits per heavy atom. The highest BCUT2D eigenvalue weighted by atomic mass is 16.2. The van der Waals surface area contributed by atoms with Crippen molar-refractivity contribution in [2.45, 2.75) is 13.0 Å². The minimum absolute atomic E-state index is 0.0899. The number of hydrogen-bond acceptors (Lipinski definition) is 2. The van der Waals surface area contributed by atoms with Gasteiger partial charge in [0, 0.05) is 19.2 Å². The molecule has 3 nitrogen and oxygen atoms in total. The normalized spacial score (nSPS) is 10.1. The summed E-state index contributed by atoms with van der Waals surface area (Å²) in [6.45, 7) is 0.516. The second-order valence-electron chi connectivity index (χ2n) is 4.70. The summed E-state index contributed by atoms with van der Waals surface area (Å²) in [4.78, 5) is 25.6. The van der Waals surface area contributed by atoms with Crippen LogP contribution in [0.4, 0.5) is 0 Å². The average molecular weight is 267 g/mol. The lowest BCUT2D eigenvalue weighted by molar-refractivity contribution is -0.129. The molecule has 0 atom stereocenters. The summed E-state index contributed by atoms with van der Waals surface area (Å²) in [5, 5.41) is 0. The number of nitrogens with zero attached hydrogens (tertiary/aromatic N) is 1. The zero-order chi connectivity index (χ0) is 14.4. The van der Waals surface area contributed by atoms with Gasteiger partial charge in [0.1, 0.15) is 0 Å². The third-order valence-corrected chi connectivity index (χ3v) is 3.10. The highest BCUT2D eigenvalue weighted by Crippen LogP contribution is 2.07. The predicted molar refractivity (Wildman–Crippen MR) is 78.3 cm³/mol. The Bertz CT molecular complexity index is 578. The van der Waals surface area contributed by atoms with Gasteiger partial charge in [0.05, 0.1) is 6.42 Å². The Morgan fingerprint density at radius 1 is 0.900 bits per heavy atom. The van der Waals surface area contributed by atoms with E-state index in [-0.39, 0.29) is 18.1 Å². The number of benzene rings is 2. The molecule has 1 amide bonds. The minimum Gasteiger partial charge on any atom is -0.341 e. The molecule has 2 aromatic carbocycles.